The van der Waals surface area contributed by atoms with Crippen molar-refractivity contribution in [1.29, 1.82) is 0 Å². The van der Waals surface area contributed by atoms with Crippen LogP contribution in [0.4, 0.5) is 11.4 Å². The fourth-order valence-corrected chi connectivity index (χ4v) is 1.88. The van der Waals surface area contributed by atoms with E-state index in [1.807, 2.05) is 0 Å². The van der Waals surface area contributed by atoms with E-state index >= 15 is 0 Å². The number of aliphatic hydroxyl groups is 2. The van der Waals surface area contributed by atoms with Crippen molar-refractivity contribution in [3.8, 4) is 11.5 Å². The Labute approximate surface area is 115 Å². The molecular formula is C14H16N2O4. The van der Waals surface area contributed by atoms with E-state index < -0.39 is 12.2 Å². The van der Waals surface area contributed by atoms with Crippen LogP contribution in [0.5, 0.6) is 11.5 Å². The van der Waals surface area contributed by atoms with E-state index in [4.69, 9.17) is 11.5 Å². The van der Waals surface area contributed by atoms with E-state index in [1.165, 1.54) is 36.4 Å². The summed E-state index contributed by atoms with van der Waals surface area (Å²) in [6.45, 7) is 0. The van der Waals surface area contributed by atoms with Gasteiger partial charge in [-0.3, -0.25) is 0 Å². The molecule has 106 valence electrons. The Kier molecular flexibility index (Phi) is 3.69. The average molecular weight is 276 g/mol. The summed E-state index contributed by atoms with van der Waals surface area (Å²) in [4.78, 5) is 0. The van der Waals surface area contributed by atoms with Crippen molar-refractivity contribution in [3.05, 3.63) is 47.5 Å². The first-order valence-corrected chi connectivity index (χ1v) is 5.93. The number of benzene rings is 2. The lowest BCUT2D eigenvalue weighted by Crippen LogP contribution is -2.11. The highest BCUT2D eigenvalue weighted by Gasteiger charge is 2.21. The monoisotopic (exact) mass is 276 g/mol. The van der Waals surface area contributed by atoms with Gasteiger partial charge in [0.1, 0.15) is 23.7 Å². The number of nitrogen functional groups attached to an aromatic ring is 2. The predicted octanol–water partition coefficient (Wildman–Crippen LogP) is 1.03. The number of phenols is 2. The largest absolute Gasteiger partial charge is 0.506 e. The molecule has 20 heavy (non-hydrogen) atoms. The van der Waals surface area contributed by atoms with E-state index in [1.54, 1.807) is 0 Å². The van der Waals surface area contributed by atoms with Crippen LogP contribution in [0.2, 0.25) is 0 Å². The lowest BCUT2D eigenvalue weighted by Gasteiger charge is -2.19. The molecule has 0 saturated carbocycles. The normalized spacial score (nSPS) is 13.9. The maximum absolute atomic E-state index is 10.1. The van der Waals surface area contributed by atoms with Crippen molar-refractivity contribution in [3.63, 3.8) is 0 Å². The molecule has 0 fully saturated rings. The van der Waals surface area contributed by atoms with Gasteiger partial charge in [0.05, 0.1) is 11.4 Å². The molecule has 6 nitrogen and oxygen atoms in total. The van der Waals surface area contributed by atoms with Gasteiger partial charge in [-0.2, -0.15) is 0 Å². The molecule has 8 N–H and O–H groups in total. The van der Waals surface area contributed by atoms with Crippen molar-refractivity contribution < 1.29 is 20.4 Å². The summed E-state index contributed by atoms with van der Waals surface area (Å²) in [6.07, 6.45) is -2.47. The number of anilines is 2. The second-order valence-electron chi connectivity index (χ2n) is 4.53. The van der Waals surface area contributed by atoms with Crippen LogP contribution in [0.3, 0.4) is 0 Å². The molecule has 0 aliphatic rings. The Bertz CT molecular complexity index is 575. The number of aromatic hydroxyl groups is 2. The molecule has 0 bridgehead atoms. The summed E-state index contributed by atoms with van der Waals surface area (Å²) in [5.74, 6) is -0.186. The van der Waals surface area contributed by atoms with Gasteiger partial charge in [-0.1, -0.05) is 12.1 Å². The van der Waals surface area contributed by atoms with Crippen molar-refractivity contribution >= 4 is 11.4 Å². The molecule has 0 aliphatic carbocycles. The van der Waals surface area contributed by atoms with Crippen LogP contribution >= 0.6 is 0 Å². The fourth-order valence-electron chi connectivity index (χ4n) is 1.88. The van der Waals surface area contributed by atoms with Crippen molar-refractivity contribution in [1.82, 2.24) is 0 Å². The quantitative estimate of drug-likeness (QED) is 0.366. The van der Waals surface area contributed by atoms with Gasteiger partial charge >= 0.3 is 0 Å². The van der Waals surface area contributed by atoms with Crippen molar-refractivity contribution in [2.24, 2.45) is 0 Å². The van der Waals surface area contributed by atoms with Gasteiger partial charge in [-0.15, -0.1) is 0 Å². The standard InChI is InChI=1S/C14H16N2O4/c15-9-5-7(1-3-11(9)17)13(19)14(20)8-2-4-12(18)10(16)6-8/h1-6,13-14,17-20H,15-16H2. The van der Waals surface area contributed by atoms with Crippen molar-refractivity contribution in [2.75, 3.05) is 11.5 Å². The molecule has 2 rings (SSSR count). The summed E-state index contributed by atoms with van der Waals surface area (Å²) in [7, 11) is 0. The van der Waals surface area contributed by atoms with E-state index in [2.05, 4.69) is 0 Å². The van der Waals surface area contributed by atoms with Crippen LogP contribution in [-0.4, -0.2) is 20.4 Å². The van der Waals surface area contributed by atoms with Crippen LogP contribution in [0.25, 0.3) is 0 Å². The Morgan fingerprint density at radius 3 is 1.35 bits per heavy atom. The minimum absolute atomic E-state index is 0.0932. The molecule has 2 aromatic carbocycles. The highest BCUT2D eigenvalue weighted by atomic mass is 16.3. The number of hydrogen-bond acceptors (Lipinski definition) is 6. The number of rotatable bonds is 3. The maximum atomic E-state index is 10.1. The second-order valence-corrected chi connectivity index (χ2v) is 4.53. The van der Waals surface area contributed by atoms with E-state index in [0.29, 0.717) is 11.1 Å². The van der Waals surface area contributed by atoms with Crippen LogP contribution in [0.15, 0.2) is 36.4 Å². The Morgan fingerprint density at radius 2 is 1.05 bits per heavy atom. The van der Waals surface area contributed by atoms with Gasteiger partial charge in [0, 0.05) is 0 Å². The molecule has 0 radical (unpaired) electrons. The number of aliphatic hydroxyl groups excluding tert-OH is 2. The zero-order chi connectivity index (χ0) is 14.9. The molecule has 2 unspecified atom stereocenters. The van der Waals surface area contributed by atoms with Crippen LogP contribution < -0.4 is 11.5 Å². The Balaban J connectivity index is 2.29. The molecule has 0 saturated heterocycles. The molecule has 2 aromatic rings. The SMILES string of the molecule is Nc1cc(C(O)C(O)c2ccc(O)c(N)c2)ccc1O. The molecule has 6 heteroatoms. The van der Waals surface area contributed by atoms with Crippen LogP contribution in [0.1, 0.15) is 23.3 Å². The van der Waals surface area contributed by atoms with Gasteiger partial charge in [0.15, 0.2) is 0 Å². The third-order valence-corrected chi connectivity index (χ3v) is 3.09. The lowest BCUT2D eigenvalue weighted by atomic mass is 9.97. The third kappa shape index (κ3) is 2.61. The highest BCUT2D eigenvalue weighted by molar-refractivity contribution is 5.55. The lowest BCUT2D eigenvalue weighted by molar-refractivity contribution is 0.0173. The summed E-state index contributed by atoms with van der Waals surface area (Å²) in [5.41, 5.74) is 12.0. The van der Waals surface area contributed by atoms with Gasteiger partial charge < -0.3 is 31.9 Å². The van der Waals surface area contributed by atoms with Gasteiger partial charge in [-0.25, -0.2) is 0 Å². The summed E-state index contributed by atoms with van der Waals surface area (Å²) < 4.78 is 0. The first kappa shape index (κ1) is 14.0. The Hall–Kier alpha value is -2.44. The first-order valence-electron chi connectivity index (χ1n) is 5.93. The number of phenolic OH excluding ortho intramolecular Hbond substituents is 2. The number of nitrogens with two attached hydrogens (primary N) is 2. The maximum Gasteiger partial charge on any atom is 0.138 e. The summed E-state index contributed by atoms with van der Waals surface area (Å²) >= 11 is 0. The van der Waals surface area contributed by atoms with Gasteiger partial charge in [0.2, 0.25) is 0 Å². The zero-order valence-corrected chi connectivity index (χ0v) is 10.6. The fraction of sp³-hybridized carbons (Fsp3) is 0.143. The van der Waals surface area contributed by atoms with Gasteiger partial charge in [-0.05, 0) is 35.4 Å². The Morgan fingerprint density at radius 1 is 0.700 bits per heavy atom. The average Bonchev–Trinajstić information content (AvgIpc) is 2.43. The minimum Gasteiger partial charge on any atom is -0.506 e. The molecule has 0 aromatic heterocycles. The summed E-state index contributed by atoms with van der Waals surface area (Å²) in [6, 6.07) is 8.37. The topological polar surface area (TPSA) is 133 Å². The molecule has 0 spiro atoms. The second kappa shape index (κ2) is 5.28. The highest BCUT2D eigenvalue weighted by Crippen LogP contribution is 2.34. The van der Waals surface area contributed by atoms with Gasteiger partial charge in [0.25, 0.3) is 0 Å². The zero-order valence-electron chi connectivity index (χ0n) is 10.6. The van der Waals surface area contributed by atoms with Crippen molar-refractivity contribution in [2.45, 2.75) is 12.2 Å². The summed E-state index contributed by atoms with van der Waals surface area (Å²) in [5, 5.41) is 38.9. The van der Waals surface area contributed by atoms with Crippen LogP contribution in [0, 0.1) is 0 Å². The molecule has 2 atom stereocenters. The van der Waals surface area contributed by atoms with Crippen LogP contribution in [-0.2, 0) is 0 Å². The van der Waals surface area contributed by atoms with E-state index in [-0.39, 0.29) is 22.9 Å². The molecule has 0 aliphatic heterocycles. The third-order valence-electron chi connectivity index (χ3n) is 3.09. The van der Waals surface area contributed by atoms with E-state index in [9.17, 15) is 20.4 Å². The number of hydrogen-bond donors (Lipinski definition) is 6. The first-order chi connectivity index (χ1) is 9.40. The molecule has 0 amide bonds. The molecular weight excluding hydrogens is 260 g/mol. The predicted molar refractivity (Wildman–Crippen MR) is 75.0 cm³/mol. The molecule has 0 heterocycles. The van der Waals surface area contributed by atoms with E-state index in [0.717, 1.165) is 0 Å². The minimum atomic E-state index is -1.23. The smallest absolute Gasteiger partial charge is 0.138 e.